The lowest BCUT2D eigenvalue weighted by Crippen LogP contribution is -2.40. The Morgan fingerprint density at radius 1 is 1.33 bits per heavy atom. The molecule has 2 fully saturated rings. The van der Waals surface area contributed by atoms with Gasteiger partial charge in [0, 0.05) is 5.92 Å². The van der Waals surface area contributed by atoms with Crippen LogP contribution < -0.4 is 0 Å². The predicted octanol–water partition coefficient (Wildman–Crippen LogP) is 1.94. The van der Waals surface area contributed by atoms with Crippen LogP contribution in [-0.2, 0) is 14.3 Å². The standard InChI is InChI=1S/C12H20O3/c1-9(13)12(2)8-14-11-6-4-3-5-10(11)7-15-12/h10-11H,3-8H2,1-2H3. The minimum atomic E-state index is -0.711. The summed E-state index contributed by atoms with van der Waals surface area (Å²) in [6.45, 7) is 4.52. The Hall–Kier alpha value is -0.410. The van der Waals surface area contributed by atoms with E-state index in [-0.39, 0.29) is 5.78 Å². The summed E-state index contributed by atoms with van der Waals surface area (Å²) in [5, 5.41) is 0. The van der Waals surface area contributed by atoms with Gasteiger partial charge in [-0.15, -0.1) is 0 Å². The molecule has 0 bridgehead atoms. The molecule has 0 aromatic rings. The molecule has 1 aliphatic carbocycles. The molecule has 1 saturated carbocycles. The molecule has 0 aromatic carbocycles. The van der Waals surface area contributed by atoms with E-state index in [1.165, 1.54) is 19.3 Å². The fourth-order valence-corrected chi connectivity index (χ4v) is 2.39. The fraction of sp³-hybridized carbons (Fsp3) is 0.917. The van der Waals surface area contributed by atoms with Gasteiger partial charge in [-0.25, -0.2) is 0 Å². The van der Waals surface area contributed by atoms with Crippen molar-refractivity contribution in [2.24, 2.45) is 5.92 Å². The molecular formula is C12H20O3. The number of hydrogen-bond donors (Lipinski definition) is 0. The van der Waals surface area contributed by atoms with E-state index in [0.717, 1.165) is 6.42 Å². The predicted molar refractivity (Wildman–Crippen MR) is 56.7 cm³/mol. The number of ketones is 1. The maximum atomic E-state index is 11.5. The van der Waals surface area contributed by atoms with E-state index in [1.54, 1.807) is 6.92 Å². The van der Waals surface area contributed by atoms with Crippen LogP contribution in [0.5, 0.6) is 0 Å². The zero-order valence-corrected chi connectivity index (χ0v) is 9.62. The van der Waals surface area contributed by atoms with Crippen LogP contribution in [-0.4, -0.2) is 30.7 Å². The van der Waals surface area contributed by atoms with Gasteiger partial charge in [0.25, 0.3) is 0 Å². The molecule has 3 heteroatoms. The molecule has 0 spiro atoms. The first kappa shape index (κ1) is 11.1. The van der Waals surface area contributed by atoms with Gasteiger partial charge in [-0.05, 0) is 26.7 Å². The van der Waals surface area contributed by atoms with E-state index in [1.807, 2.05) is 6.92 Å². The molecular weight excluding hydrogens is 192 g/mol. The molecule has 15 heavy (non-hydrogen) atoms. The first-order valence-electron chi connectivity index (χ1n) is 5.88. The van der Waals surface area contributed by atoms with E-state index in [9.17, 15) is 4.79 Å². The molecule has 1 aliphatic heterocycles. The normalized spacial score (nSPS) is 41.7. The highest BCUT2D eigenvalue weighted by Crippen LogP contribution is 2.32. The van der Waals surface area contributed by atoms with Gasteiger partial charge < -0.3 is 9.47 Å². The highest BCUT2D eigenvalue weighted by molar-refractivity contribution is 5.84. The number of carbonyl (C=O) groups excluding carboxylic acids is 1. The van der Waals surface area contributed by atoms with Crippen LogP contribution in [0.2, 0.25) is 0 Å². The monoisotopic (exact) mass is 212 g/mol. The largest absolute Gasteiger partial charge is 0.374 e. The van der Waals surface area contributed by atoms with Crippen LogP contribution in [0.25, 0.3) is 0 Å². The van der Waals surface area contributed by atoms with Gasteiger partial charge in [0.2, 0.25) is 0 Å². The van der Waals surface area contributed by atoms with Crippen molar-refractivity contribution in [1.82, 2.24) is 0 Å². The molecule has 1 saturated heterocycles. The first-order chi connectivity index (χ1) is 7.12. The lowest BCUT2D eigenvalue weighted by atomic mass is 9.87. The van der Waals surface area contributed by atoms with E-state index in [2.05, 4.69) is 0 Å². The highest BCUT2D eigenvalue weighted by Gasteiger charge is 2.39. The van der Waals surface area contributed by atoms with Crippen LogP contribution in [0.1, 0.15) is 39.5 Å². The second-order valence-electron chi connectivity index (χ2n) is 4.99. The topological polar surface area (TPSA) is 35.5 Å². The fourth-order valence-electron chi connectivity index (χ4n) is 2.39. The summed E-state index contributed by atoms with van der Waals surface area (Å²) in [4.78, 5) is 11.5. The quantitative estimate of drug-likeness (QED) is 0.666. The van der Waals surface area contributed by atoms with Crippen molar-refractivity contribution >= 4 is 5.78 Å². The van der Waals surface area contributed by atoms with Gasteiger partial charge in [-0.2, -0.15) is 0 Å². The number of hydrogen-bond acceptors (Lipinski definition) is 3. The summed E-state index contributed by atoms with van der Waals surface area (Å²) in [6, 6.07) is 0. The van der Waals surface area contributed by atoms with Crippen LogP contribution >= 0.6 is 0 Å². The summed E-state index contributed by atoms with van der Waals surface area (Å²) in [7, 11) is 0. The third-order valence-electron chi connectivity index (χ3n) is 3.77. The molecule has 2 rings (SSSR count). The molecule has 0 amide bonds. The molecule has 3 atom stereocenters. The third-order valence-corrected chi connectivity index (χ3v) is 3.77. The average Bonchev–Trinajstić information content (AvgIpc) is 2.40. The maximum Gasteiger partial charge on any atom is 0.163 e. The van der Waals surface area contributed by atoms with Crippen LogP contribution in [0, 0.1) is 5.92 Å². The van der Waals surface area contributed by atoms with Crippen molar-refractivity contribution in [3.05, 3.63) is 0 Å². The van der Waals surface area contributed by atoms with Gasteiger partial charge in [0.05, 0.1) is 19.3 Å². The first-order valence-corrected chi connectivity index (χ1v) is 5.88. The van der Waals surface area contributed by atoms with Crippen LogP contribution in [0.15, 0.2) is 0 Å². The Bertz CT molecular complexity index is 233. The van der Waals surface area contributed by atoms with E-state index in [4.69, 9.17) is 9.47 Å². The van der Waals surface area contributed by atoms with Gasteiger partial charge in [-0.1, -0.05) is 12.8 Å². The number of ether oxygens (including phenoxy) is 2. The molecule has 1 heterocycles. The Balaban J connectivity index is 2.05. The summed E-state index contributed by atoms with van der Waals surface area (Å²) < 4.78 is 11.6. The SMILES string of the molecule is CC(=O)C1(C)COC2CCCCC2CO1. The summed E-state index contributed by atoms with van der Waals surface area (Å²) >= 11 is 0. The Morgan fingerprint density at radius 2 is 2.07 bits per heavy atom. The van der Waals surface area contributed by atoms with E-state index < -0.39 is 5.60 Å². The van der Waals surface area contributed by atoms with Crippen molar-refractivity contribution in [3.8, 4) is 0 Å². The average molecular weight is 212 g/mol. The van der Waals surface area contributed by atoms with Crippen molar-refractivity contribution in [1.29, 1.82) is 0 Å². The second-order valence-corrected chi connectivity index (χ2v) is 4.99. The Morgan fingerprint density at radius 3 is 2.80 bits per heavy atom. The van der Waals surface area contributed by atoms with Gasteiger partial charge in [0.15, 0.2) is 5.78 Å². The van der Waals surface area contributed by atoms with Crippen molar-refractivity contribution in [3.63, 3.8) is 0 Å². The number of Topliss-reactive ketones (excluding diaryl/α,β-unsaturated/α-hetero) is 1. The zero-order chi connectivity index (χ0) is 10.9. The number of rotatable bonds is 1. The van der Waals surface area contributed by atoms with Crippen molar-refractivity contribution < 1.29 is 14.3 Å². The summed E-state index contributed by atoms with van der Waals surface area (Å²) in [5.74, 6) is 0.570. The lowest BCUT2D eigenvalue weighted by molar-refractivity contribution is -0.144. The van der Waals surface area contributed by atoms with Gasteiger partial charge in [0.1, 0.15) is 5.60 Å². The minimum absolute atomic E-state index is 0.0705. The van der Waals surface area contributed by atoms with Crippen LogP contribution in [0.3, 0.4) is 0 Å². The van der Waals surface area contributed by atoms with E-state index in [0.29, 0.717) is 25.2 Å². The van der Waals surface area contributed by atoms with Gasteiger partial charge in [-0.3, -0.25) is 4.79 Å². The second kappa shape index (κ2) is 4.22. The lowest BCUT2D eigenvalue weighted by Gasteiger charge is -2.28. The van der Waals surface area contributed by atoms with E-state index >= 15 is 0 Å². The van der Waals surface area contributed by atoms with Crippen LogP contribution in [0.4, 0.5) is 0 Å². The zero-order valence-electron chi connectivity index (χ0n) is 9.62. The van der Waals surface area contributed by atoms with Gasteiger partial charge >= 0.3 is 0 Å². The number of carbonyl (C=O) groups is 1. The minimum Gasteiger partial charge on any atom is -0.374 e. The molecule has 2 aliphatic rings. The molecule has 0 radical (unpaired) electrons. The summed E-state index contributed by atoms with van der Waals surface area (Å²) in [6.07, 6.45) is 5.14. The van der Waals surface area contributed by atoms with Crippen molar-refractivity contribution in [2.75, 3.05) is 13.2 Å². The smallest absolute Gasteiger partial charge is 0.163 e. The molecule has 0 aromatic heterocycles. The molecule has 3 nitrogen and oxygen atoms in total. The molecule has 3 unspecified atom stereocenters. The third kappa shape index (κ3) is 2.23. The molecule has 86 valence electrons. The number of fused-ring (bicyclic) bond motifs is 1. The molecule has 0 N–H and O–H groups in total. The summed E-state index contributed by atoms with van der Waals surface area (Å²) in [5.41, 5.74) is -0.711. The van der Waals surface area contributed by atoms with Crippen molar-refractivity contribution in [2.45, 2.75) is 51.2 Å². The Labute approximate surface area is 91.1 Å². The Kier molecular flexibility index (Phi) is 3.12. The maximum absolute atomic E-state index is 11.5. The highest BCUT2D eigenvalue weighted by atomic mass is 16.6.